The van der Waals surface area contributed by atoms with Crippen LogP contribution in [0.5, 0.6) is 0 Å². The minimum atomic E-state index is -0.465. The molecule has 156 valence electrons. The quantitative estimate of drug-likeness (QED) is 0.712. The van der Waals surface area contributed by atoms with Crippen LogP contribution >= 0.6 is 0 Å². The van der Waals surface area contributed by atoms with Gasteiger partial charge in [-0.2, -0.15) is 0 Å². The summed E-state index contributed by atoms with van der Waals surface area (Å²) in [7, 11) is 0. The van der Waals surface area contributed by atoms with Crippen LogP contribution in [-0.2, 0) is 9.63 Å². The fourth-order valence-corrected chi connectivity index (χ4v) is 7.88. The van der Waals surface area contributed by atoms with Crippen molar-refractivity contribution >= 4 is 11.5 Å². The Morgan fingerprint density at radius 3 is 2.68 bits per heavy atom. The average molecular weight is 389 g/mol. The van der Waals surface area contributed by atoms with Crippen molar-refractivity contribution in [3.63, 3.8) is 0 Å². The Kier molecular flexibility index (Phi) is 4.63. The Balaban J connectivity index is 1.34. The highest BCUT2D eigenvalue weighted by molar-refractivity contribution is 5.89. The number of Topliss-reactive ketones (excluding diaryl/α,β-unsaturated/α-hetero) is 1. The molecule has 28 heavy (non-hydrogen) atoms. The average Bonchev–Trinajstić information content (AvgIpc) is 3.29. The molecular weight excluding hydrogens is 352 g/mol. The highest BCUT2D eigenvalue weighted by Gasteiger charge is 2.61. The van der Waals surface area contributed by atoms with E-state index in [-0.39, 0.29) is 22.9 Å². The zero-order valence-electron chi connectivity index (χ0n) is 17.5. The molecule has 5 rings (SSSR count). The Morgan fingerprint density at radius 2 is 1.89 bits per heavy atom. The Labute approximate surface area is 168 Å². The van der Waals surface area contributed by atoms with E-state index < -0.39 is 6.10 Å². The van der Waals surface area contributed by atoms with E-state index in [4.69, 9.17) is 4.84 Å². The lowest BCUT2D eigenvalue weighted by Crippen LogP contribution is -2.57. The lowest BCUT2D eigenvalue weighted by atomic mass is 9.45. The molecule has 1 aliphatic heterocycles. The van der Waals surface area contributed by atoms with Crippen LogP contribution in [0, 0.1) is 34.5 Å². The minimum Gasteiger partial charge on any atom is -0.391 e. The molecule has 4 saturated carbocycles. The molecule has 5 nitrogen and oxygen atoms in total. The summed E-state index contributed by atoms with van der Waals surface area (Å²) in [5, 5.41) is 18.9. The summed E-state index contributed by atoms with van der Waals surface area (Å²) in [5.74, 6) is 2.68. The molecule has 1 heterocycles. The van der Waals surface area contributed by atoms with Crippen molar-refractivity contribution in [1.82, 2.24) is 5.32 Å². The maximum Gasteiger partial charge on any atom is 0.141 e. The first kappa shape index (κ1) is 19.0. The third-order valence-electron chi connectivity index (χ3n) is 9.63. The van der Waals surface area contributed by atoms with E-state index in [0.29, 0.717) is 23.5 Å². The van der Waals surface area contributed by atoms with E-state index in [9.17, 15) is 9.90 Å². The van der Waals surface area contributed by atoms with Crippen molar-refractivity contribution in [1.29, 1.82) is 0 Å². The van der Waals surface area contributed by atoms with Crippen molar-refractivity contribution in [3.05, 3.63) is 0 Å². The number of nitrogens with zero attached hydrogens (tertiary/aromatic N) is 1. The normalized spacial score (nSPS) is 52.2. The highest BCUT2D eigenvalue weighted by Crippen LogP contribution is 2.65. The number of nitrogens with one attached hydrogen (secondary N) is 1. The van der Waals surface area contributed by atoms with Crippen LogP contribution in [0.25, 0.3) is 0 Å². The van der Waals surface area contributed by atoms with Gasteiger partial charge in [0.2, 0.25) is 0 Å². The number of fused-ring (bicyclic) bond motifs is 5. The van der Waals surface area contributed by atoms with E-state index >= 15 is 0 Å². The van der Waals surface area contributed by atoms with Gasteiger partial charge in [-0.15, -0.1) is 0 Å². The monoisotopic (exact) mass is 388 g/mol. The topological polar surface area (TPSA) is 70.9 Å². The summed E-state index contributed by atoms with van der Waals surface area (Å²) in [6.45, 7) is 6.52. The third kappa shape index (κ3) is 2.72. The van der Waals surface area contributed by atoms with Gasteiger partial charge in [-0.3, -0.25) is 4.79 Å². The molecule has 0 aromatic rings. The molecular formula is C23H36N2O3. The smallest absolute Gasteiger partial charge is 0.141 e. The Morgan fingerprint density at radius 1 is 1.04 bits per heavy atom. The number of carbonyl (C=O) groups excluding carboxylic acids is 1. The molecule has 0 spiro atoms. The molecule has 8 atom stereocenters. The first-order valence-corrected chi connectivity index (χ1v) is 11.6. The molecule has 4 aliphatic carbocycles. The summed E-state index contributed by atoms with van der Waals surface area (Å²) >= 11 is 0. The van der Waals surface area contributed by atoms with Crippen LogP contribution < -0.4 is 5.32 Å². The maximum atomic E-state index is 12.6. The second kappa shape index (κ2) is 6.80. The summed E-state index contributed by atoms with van der Waals surface area (Å²) in [4.78, 5) is 18.3. The minimum absolute atomic E-state index is 0.0621. The molecule has 2 N–H and O–H groups in total. The van der Waals surface area contributed by atoms with Crippen molar-refractivity contribution in [2.75, 3.05) is 13.1 Å². The molecule has 5 aliphatic rings. The van der Waals surface area contributed by atoms with Gasteiger partial charge < -0.3 is 15.3 Å². The van der Waals surface area contributed by atoms with Gasteiger partial charge in [0.15, 0.2) is 0 Å². The predicted molar refractivity (Wildman–Crippen MR) is 108 cm³/mol. The second-order valence-electron chi connectivity index (χ2n) is 10.7. The fraction of sp³-hybridized carbons (Fsp3) is 0.913. The number of oxime groups is 1. The maximum absolute atomic E-state index is 12.6. The largest absolute Gasteiger partial charge is 0.391 e. The van der Waals surface area contributed by atoms with Crippen LogP contribution in [0.4, 0.5) is 0 Å². The lowest BCUT2D eigenvalue weighted by molar-refractivity contribution is -0.141. The first-order chi connectivity index (χ1) is 13.4. The van der Waals surface area contributed by atoms with Crippen LogP contribution in [-0.4, -0.2) is 41.9 Å². The van der Waals surface area contributed by atoms with E-state index in [0.717, 1.165) is 76.6 Å². The fourth-order valence-electron chi connectivity index (χ4n) is 7.88. The predicted octanol–water partition coefficient (Wildman–Crippen LogP) is 3.30. The number of hydrogen-bond acceptors (Lipinski definition) is 5. The summed E-state index contributed by atoms with van der Waals surface area (Å²) in [6.07, 6.45) is 8.93. The Hall–Kier alpha value is -0.940. The van der Waals surface area contributed by atoms with Crippen LogP contribution in [0.3, 0.4) is 0 Å². The van der Waals surface area contributed by atoms with Crippen LogP contribution in [0.1, 0.15) is 71.6 Å². The third-order valence-corrected chi connectivity index (χ3v) is 9.63. The van der Waals surface area contributed by atoms with E-state index in [2.05, 4.69) is 24.3 Å². The number of aliphatic hydroxyl groups excluding tert-OH is 1. The molecule has 1 unspecified atom stereocenters. The first-order valence-electron chi connectivity index (χ1n) is 11.6. The van der Waals surface area contributed by atoms with Gasteiger partial charge >= 0.3 is 0 Å². The number of rotatable bonds is 2. The molecule has 0 aromatic heterocycles. The Bertz CT molecular complexity index is 673. The molecule has 1 saturated heterocycles. The molecule has 0 aromatic carbocycles. The highest BCUT2D eigenvalue weighted by atomic mass is 16.6. The van der Waals surface area contributed by atoms with Crippen molar-refractivity contribution < 1.29 is 14.7 Å². The molecule has 5 heteroatoms. The number of ketones is 1. The lowest BCUT2D eigenvalue weighted by Gasteiger charge is -2.60. The van der Waals surface area contributed by atoms with Gasteiger partial charge in [0, 0.05) is 24.8 Å². The molecule has 0 radical (unpaired) electrons. The molecule has 0 amide bonds. The zero-order chi connectivity index (χ0) is 19.5. The van der Waals surface area contributed by atoms with Gasteiger partial charge in [0.1, 0.15) is 11.9 Å². The van der Waals surface area contributed by atoms with Gasteiger partial charge in [-0.05, 0) is 80.6 Å². The van der Waals surface area contributed by atoms with Gasteiger partial charge in [-0.1, -0.05) is 19.0 Å². The van der Waals surface area contributed by atoms with Crippen LogP contribution in [0.2, 0.25) is 0 Å². The summed E-state index contributed by atoms with van der Waals surface area (Å²) in [5.41, 5.74) is 0.973. The number of hydrogen-bond donors (Lipinski definition) is 2. The molecule has 0 bridgehead atoms. The summed E-state index contributed by atoms with van der Waals surface area (Å²) < 4.78 is 0. The van der Waals surface area contributed by atoms with Gasteiger partial charge in [0.25, 0.3) is 0 Å². The van der Waals surface area contributed by atoms with E-state index in [1.165, 1.54) is 0 Å². The SMILES string of the molecule is C[C@]12CC/C(=N\O[C@@H]3CCNC3)[C@@H](O)C1CC[C@@H]1[C@@H]2CC[C@]2(C)C(=O)CC[C@@H]12. The number of aliphatic hydroxyl groups is 1. The standard InChI is InChI=1S/C23H36N2O3/c1-22-11-8-19(25-28-14-9-12-24-13-14)21(27)18(22)4-3-15-16-5-6-20(26)23(16,2)10-7-17(15)22/h14-18,21,24,27H,3-13H2,1-2H3/b25-19+/t14-,15+,16+,17+,18?,21+,22-,23+/m1/s1. The van der Waals surface area contributed by atoms with Crippen molar-refractivity contribution in [3.8, 4) is 0 Å². The van der Waals surface area contributed by atoms with Crippen LogP contribution in [0.15, 0.2) is 5.16 Å². The van der Waals surface area contributed by atoms with Crippen molar-refractivity contribution in [2.24, 2.45) is 39.7 Å². The van der Waals surface area contributed by atoms with Gasteiger partial charge in [0.05, 0.1) is 11.8 Å². The number of carbonyl (C=O) groups is 1. The van der Waals surface area contributed by atoms with E-state index in [1.807, 2.05) is 0 Å². The second-order valence-corrected chi connectivity index (χ2v) is 10.7. The van der Waals surface area contributed by atoms with Gasteiger partial charge in [-0.25, -0.2) is 0 Å². The summed E-state index contributed by atoms with van der Waals surface area (Å²) in [6, 6.07) is 0. The van der Waals surface area contributed by atoms with E-state index in [1.54, 1.807) is 0 Å². The zero-order valence-corrected chi connectivity index (χ0v) is 17.5. The molecule has 5 fully saturated rings. The van der Waals surface area contributed by atoms with Crippen molar-refractivity contribution in [2.45, 2.75) is 83.8 Å².